The lowest BCUT2D eigenvalue weighted by atomic mass is 10.2. The van der Waals surface area contributed by atoms with Crippen LogP contribution < -0.4 is 11.2 Å². The van der Waals surface area contributed by atoms with Crippen LogP contribution >= 0.6 is 0 Å². The zero-order chi connectivity index (χ0) is 6.48. The minimum absolute atomic E-state index is 0.368. The predicted molar refractivity (Wildman–Crippen MR) is 35.7 cm³/mol. The van der Waals surface area contributed by atoms with Gasteiger partial charge in [-0.3, -0.25) is 5.84 Å². The Morgan fingerprint density at radius 2 is 2.56 bits per heavy atom. The Balaban J connectivity index is 2.07. The number of piperazine rings is 1. The van der Waals surface area contributed by atoms with Gasteiger partial charge in [-0.25, -0.2) is 5.01 Å². The molecule has 2 aliphatic rings. The zero-order valence-electron chi connectivity index (χ0n) is 5.72. The normalized spacial score (nSPS) is 50.7. The van der Waals surface area contributed by atoms with Gasteiger partial charge in [-0.15, -0.1) is 0 Å². The molecule has 2 atom stereocenters. The monoisotopic (exact) mass is 127 g/mol. The summed E-state index contributed by atoms with van der Waals surface area (Å²) >= 11 is 0. The fourth-order valence-corrected chi connectivity index (χ4v) is 1.64. The summed E-state index contributed by atoms with van der Waals surface area (Å²) in [5.41, 5.74) is 0.368. The van der Waals surface area contributed by atoms with Gasteiger partial charge in [0, 0.05) is 24.7 Å². The summed E-state index contributed by atoms with van der Waals surface area (Å²) in [4.78, 5) is 0. The topological polar surface area (TPSA) is 41.3 Å². The molecular formula is C6H13N3. The van der Waals surface area contributed by atoms with Gasteiger partial charge >= 0.3 is 0 Å². The van der Waals surface area contributed by atoms with E-state index in [0.717, 1.165) is 13.1 Å². The molecule has 3 N–H and O–H groups in total. The number of nitrogens with two attached hydrogens (primary N) is 1. The third-order valence-corrected chi connectivity index (χ3v) is 2.49. The van der Waals surface area contributed by atoms with Crippen LogP contribution in [0.1, 0.15) is 13.3 Å². The second-order valence-corrected chi connectivity index (χ2v) is 3.30. The highest BCUT2D eigenvalue weighted by molar-refractivity contribution is 5.14. The van der Waals surface area contributed by atoms with Crippen LogP contribution in [0.2, 0.25) is 0 Å². The lowest BCUT2D eigenvalue weighted by molar-refractivity contribution is 0.207. The molecule has 1 saturated heterocycles. The Morgan fingerprint density at radius 3 is 3.11 bits per heavy atom. The van der Waals surface area contributed by atoms with Gasteiger partial charge in [0.25, 0.3) is 0 Å². The molecule has 3 heteroatoms. The van der Waals surface area contributed by atoms with Crippen LogP contribution in [0.5, 0.6) is 0 Å². The summed E-state index contributed by atoms with van der Waals surface area (Å²) < 4.78 is 0. The van der Waals surface area contributed by atoms with Gasteiger partial charge in [-0.1, -0.05) is 0 Å². The van der Waals surface area contributed by atoms with Crippen LogP contribution in [-0.4, -0.2) is 29.7 Å². The first-order valence-electron chi connectivity index (χ1n) is 3.49. The Hall–Kier alpha value is -0.120. The molecule has 2 unspecified atom stereocenters. The molecule has 0 spiro atoms. The SMILES string of the molecule is CC12CC1N(N)CCN2. The van der Waals surface area contributed by atoms with Crippen molar-refractivity contribution in [2.24, 2.45) is 5.84 Å². The van der Waals surface area contributed by atoms with E-state index in [1.165, 1.54) is 6.42 Å². The Bertz CT molecular complexity index is 136. The summed E-state index contributed by atoms with van der Waals surface area (Å²) in [5.74, 6) is 5.70. The van der Waals surface area contributed by atoms with Crippen molar-refractivity contribution in [1.29, 1.82) is 0 Å². The van der Waals surface area contributed by atoms with Gasteiger partial charge in [0.1, 0.15) is 0 Å². The smallest absolute Gasteiger partial charge is 0.0439 e. The molecule has 0 radical (unpaired) electrons. The fourth-order valence-electron chi connectivity index (χ4n) is 1.64. The number of nitrogens with zero attached hydrogens (tertiary/aromatic N) is 1. The molecule has 1 aliphatic heterocycles. The molecule has 52 valence electrons. The van der Waals surface area contributed by atoms with E-state index in [4.69, 9.17) is 5.84 Å². The lowest BCUT2D eigenvalue weighted by Crippen LogP contribution is -2.52. The van der Waals surface area contributed by atoms with Crippen LogP contribution in [-0.2, 0) is 0 Å². The van der Waals surface area contributed by atoms with E-state index < -0.39 is 0 Å². The first-order valence-corrected chi connectivity index (χ1v) is 3.49. The van der Waals surface area contributed by atoms with Gasteiger partial charge in [-0.2, -0.15) is 0 Å². The number of hydrazine groups is 1. The van der Waals surface area contributed by atoms with Gasteiger partial charge in [0.15, 0.2) is 0 Å². The van der Waals surface area contributed by atoms with Crippen molar-refractivity contribution in [2.45, 2.75) is 24.9 Å². The largest absolute Gasteiger partial charge is 0.309 e. The maximum atomic E-state index is 5.70. The summed E-state index contributed by atoms with van der Waals surface area (Å²) in [7, 11) is 0. The molecule has 1 saturated carbocycles. The Morgan fingerprint density at radius 1 is 1.78 bits per heavy atom. The third kappa shape index (κ3) is 0.689. The molecule has 3 nitrogen and oxygen atoms in total. The molecule has 2 fully saturated rings. The summed E-state index contributed by atoms with van der Waals surface area (Å²) in [5, 5.41) is 5.40. The van der Waals surface area contributed by atoms with E-state index >= 15 is 0 Å². The van der Waals surface area contributed by atoms with Crippen LogP contribution in [0, 0.1) is 0 Å². The third-order valence-electron chi connectivity index (χ3n) is 2.49. The van der Waals surface area contributed by atoms with Crippen molar-refractivity contribution in [3.8, 4) is 0 Å². The Kier molecular flexibility index (Phi) is 0.928. The first-order chi connectivity index (χ1) is 4.22. The van der Waals surface area contributed by atoms with Crippen molar-refractivity contribution in [3.05, 3.63) is 0 Å². The van der Waals surface area contributed by atoms with Crippen molar-refractivity contribution in [3.63, 3.8) is 0 Å². The standard InChI is InChI=1S/C6H13N3/c1-6-4-5(6)9(7)3-2-8-6/h5,8H,2-4,7H2,1H3. The van der Waals surface area contributed by atoms with Gasteiger partial charge in [0.05, 0.1) is 0 Å². The molecule has 1 aliphatic carbocycles. The summed E-state index contributed by atoms with van der Waals surface area (Å²) in [6.45, 7) is 4.28. The van der Waals surface area contributed by atoms with E-state index in [9.17, 15) is 0 Å². The number of hydrogen-bond acceptors (Lipinski definition) is 3. The summed E-state index contributed by atoms with van der Waals surface area (Å²) in [6.07, 6.45) is 1.23. The molecular weight excluding hydrogens is 114 g/mol. The minimum Gasteiger partial charge on any atom is -0.309 e. The zero-order valence-corrected chi connectivity index (χ0v) is 5.72. The van der Waals surface area contributed by atoms with Gasteiger partial charge < -0.3 is 5.32 Å². The molecule has 0 aromatic rings. The van der Waals surface area contributed by atoms with Crippen molar-refractivity contribution in [2.75, 3.05) is 13.1 Å². The number of hydrogen-bond donors (Lipinski definition) is 2. The van der Waals surface area contributed by atoms with Crippen LogP contribution in [0.3, 0.4) is 0 Å². The van der Waals surface area contributed by atoms with Gasteiger partial charge in [0.2, 0.25) is 0 Å². The lowest BCUT2D eigenvalue weighted by Gasteiger charge is -2.26. The van der Waals surface area contributed by atoms with Gasteiger partial charge in [-0.05, 0) is 13.3 Å². The number of fused-ring (bicyclic) bond motifs is 1. The molecule has 1 heterocycles. The van der Waals surface area contributed by atoms with Crippen molar-refractivity contribution in [1.82, 2.24) is 10.3 Å². The maximum absolute atomic E-state index is 5.70. The number of nitrogens with one attached hydrogen (secondary N) is 1. The molecule has 0 aromatic heterocycles. The second-order valence-electron chi connectivity index (χ2n) is 3.30. The van der Waals surface area contributed by atoms with Crippen molar-refractivity contribution < 1.29 is 0 Å². The van der Waals surface area contributed by atoms with Crippen LogP contribution in [0.4, 0.5) is 0 Å². The second kappa shape index (κ2) is 1.48. The number of rotatable bonds is 0. The quantitative estimate of drug-likeness (QED) is 0.423. The van der Waals surface area contributed by atoms with E-state index in [-0.39, 0.29) is 0 Å². The first kappa shape index (κ1) is 5.65. The fraction of sp³-hybridized carbons (Fsp3) is 1.00. The van der Waals surface area contributed by atoms with Crippen LogP contribution in [0.25, 0.3) is 0 Å². The maximum Gasteiger partial charge on any atom is 0.0439 e. The van der Waals surface area contributed by atoms with E-state index in [1.807, 2.05) is 5.01 Å². The summed E-state index contributed by atoms with van der Waals surface area (Å²) in [6, 6.07) is 0.617. The van der Waals surface area contributed by atoms with Crippen molar-refractivity contribution >= 4 is 0 Å². The molecule has 0 amide bonds. The highest BCUT2D eigenvalue weighted by Gasteiger charge is 2.54. The van der Waals surface area contributed by atoms with E-state index in [0.29, 0.717) is 11.6 Å². The molecule has 0 bridgehead atoms. The predicted octanol–water partition coefficient (Wildman–Crippen LogP) is -0.704. The highest BCUT2D eigenvalue weighted by Crippen LogP contribution is 2.40. The highest BCUT2D eigenvalue weighted by atomic mass is 15.5. The molecule has 2 rings (SSSR count). The average molecular weight is 127 g/mol. The Labute approximate surface area is 55.2 Å². The molecule has 9 heavy (non-hydrogen) atoms. The van der Waals surface area contributed by atoms with E-state index in [1.54, 1.807) is 0 Å². The minimum atomic E-state index is 0.368. The molecule has 0 aromatic carbocycles. The van der Waals surface area contributed by atoms with Crippen LogP contribution in [0.15, 0.2) is 0 Å². The average Bonchev–Trinajstić information content (AvgIpc) is 2.43. The van der Waals surface area contributed by atoms with E-state index in [2.05, 4.69) is 12.2 Å².